The fraction of sp³-hybridized carbons (Fsp3) is 0.462. The number of halogens is 1. The van der Waals surface area contributed by atoms with E-state index in [1.807, 2.05) is 0 Å². The molecule has 0 fully saturated rings. The Morgan fingerprint density at radius 2 is 2.00 bits per heavy atom. The maximum Gasteiger partial charge on any atom is 0.303 e. The summed E-state index contributed by atoms with van der Waals surface area (Å²) in [5.41, 5.74) is 0.692. The van der Waals surface area contributed by atoms with E-state index in [4.69, 9.17) is 20.5 Å². The highest BCUT2D eigenvalue weighted by molar-refractivity contribution is 8.13. The van der Waals surface area contributed by atoms with Crippen molar-refractivity contribution < 1.29 is 23.1 Å². The lowest BCUT2D eigenvalue weighted by Gasteiger charge is -2.09. The monoisotopic (exact) mass is 320 g/mol. The fourth-order valence-corrected chi connectivity index (χ4v) is 2.51. The number of aliphatic carboxylic acids is 1. The number of unbranched alkanes of at least 4 members (excludes halogenated alkanes) is 2. The first-order valence-electron chi connectivity index (χ1n) is 6.20. The molecule has 5 nitrogen and oxygen atoms in total. The van der Waals surface area contributed by atoms with Crippen LogP contribution in [0.15, 0.2) is 23.1 Å². The highest BCUT2D eigenvalue weighted by Crippen LogP contribution is 2.24. The molecule has 7 heteroatoms. The van der Waals surface area contributed by atoms with Crippen LogP contribution in [0.5, 0.6) is 5.75 Å². The Kier molecular flexibility index (Phi) is 6.29. The van der Waals surface area contributed by atoms with Gasteiger partial charge in [0.2, 0.25) is 0 Å². The number of ether oxygens (including phenoxy) is 1. The topological polar surface area (TPSA) is 80.7 Å². The Labute approximate surface area is 122 Å². The SMILES string of the molecule is Cc1cc(S(=O)(=O)Cl)ccc1OCCCCCC(=O)O. The Morgan fingerprint density at radius 3 is 2.55 bits per heavy atom. The third-order valence-electron chi connectivity index (χ3n) is 2.72. The zero-order chi connectivity index (χ0) is 15.2. The summed E-state index contributed by atoms with van der Waals surface area (Å²) in [5.74, 6) is -0.188. The molecule has 20 heavy (non-hydrogen) atoms. The molecule has 0 amide bonds. The van der Waals surface area contributed by atoms with E-state index in [0.29, 0.717) is 24.3 Å². The lowest BCUT2D eigenvalue weighted by Crippen LogP contribution is -2.01. The van der Waals surface area contributed by atoms with E-state index in [1.165, 1.54) is 12.1 Å². The maximum absolute atomic E-state index is 11.2. The van der Waals surface area contributed by atoms with Gasteiger partial charge in [0.1, 0.15) is 5.75 Å². The van der Waals surface area contributed by atoms with E-state index in [2.05, 4.69) is 0 Å². The van der Waals surface area contributed by atoms with Gasteiger partial charge < -0.3 is 9.84 Å². The van der Waals surface area contributed by atoms with Crippen LogP contribution in [0, 0.1) is 6.92 Å². The van der Waals surface area contributed by atoms with Crippen molar-refractivity contribution in [2.75, 3.05) is 6.61 Å². The molecule has 0 bridgehead atoms. The molecule has 1 N–H and O–H groups in total. The number of aryl methyl sites for hydroxylation is 1. The zero-order valence-corrected chi connectivity index (χ0v) is 12.7. The molecule has 0 aliphatic heterocycles. The van der Waals surface area contributed by atoms with Crippen molar-refractivity contribution in [1.82, 2.24) is 0 Å². The van der Waals surface area contributed by atoms with E-state index in [-0.39, 0.29) is 11.3 Å². The number of carboxylic acids is 1. The maximum atomic E-state index is 11.2. The van der Waals surface area contributed by atoms with Crippen LogP contribution in [0.2, 0.25) is 0 Å². The van der Waals surface area contributed by atoms with Gasteiger partial charge in [-0.05, 0) is 49.9 Å². The van der Waals surface area contributed by atoms with Crippen molar-refractivity contribution >= 4 is 25.7 Å². The average Bonchev–Trinajstić information content (AvgIpc) is 2.33. The van der Waals surface area contributed by atoms with E-state index >= 15 is 0 Å². The quantitative estimate of drug-likeness (QED) is 0.588. The van der Waals surface area contributed by atoms with Gasteiger partial charge in [-0.3, -0.25) is 4.79 Å². The van der Waals surface area contributed by atoms with Crippen LogP contribution in [0.1, 0.15) is 31.2 Å². The Morgan fingerprint density at radius 1 is 1.30 bits per heavy atom. The Bertz CT molecular complexity index is 568. The molecule has 0 atom stereocenters. The number of carboxylic acid groups (broad SMARTS) is 1. The summed E-state index contributed by atoms with van der Waals surface area (Å²) in [7, 11) is 1.53. The lowest BCUT2D eigenvalue weighted by atomic mass is 10.2. The molecular formula is C13H17ClO5S. The van der Waals surface area contributed by atoms with Crippen molar-refractivity contribution in [2.45, 2.75) is 37.5 Å². The summed E-state index contributed by atoms with van der Waals surface area (Å²) in [5, 5.41) is 8.48. The van der Waals surface area contributed by atoms with Gasteiger partial charge >= 0.3 is 5.97 Å². The van der Waals surface area contributed by atoms with Gasteiger partial charge in [-0.2, -0.15) is 0 Å². The van der Waals surface area contributed by atoms with Gasteiger partial charge in [0.25, 0.3) is 9.05 Å². The largest absolute Gasteiger partial charge is 0.493 e. The Balaban J connectivity index is 2.44. The van der Waals surface area contributed by atoms with E-state index in [1.54, 1.807) is 13.0 Å². The first-order chi connectivity index (χ1) is 9.30. The molecule has 1 rings (SSSR count). The third kappa shape index (κ3) is 5.79. The van der Waals surface area contributed by atoms with Crippen LogP contribution in [-0.4, -0.2) is 26.1 Å². The van der Waals surface area contributed by atoms with Gasteiger partial charge in [-0.1, -0.05) is 0 Å². The molecule has 0 aliphatic rings. The number of benzene rings is 1. The van der Waals surface area contributed by atoms with Crippen LogP contribution in [0.4, 0.5) is 0 Å². The number of hydrogen-bond acceptors (Lipinski definition) is 4. The van der Waals surface area contributed by atoms with Crippen LogP contribution in [-0.2, 0) is 13.8 Å². The summed E-state index contributed by atoms with van der Waals surface area (Å²) in [4.78, 5) is 10.4. The molecule has 0 heterocycles. The number of carbonyl (C=O) groups is 1. The van der Waals surface area contributed by atoms with Gasteiger partial charge in [0.15, 0.2) is 0 Å². The predicted molar refractivity (Wildman–Crippen MR) is 75.8 cm³/mol. The standard InChI is InChI=1S/C13H17ClO5S/c1-10-9-11(20(14,17)18)6-7-12(10)19-8-4-2-3-5-13(15)16/h6-7,9H,2-5,8H2,1H3,(H,15,16). The van der Waals surface area contributed by atoms with Crippen LogP contribution in [0.3, 0.4) is 0 Å². The van der Waals surface area contributed by atoms with Gasteiger partial charge in [-0.15, -0.1) is 0 Å². The van der Waals surface area contributed by atoms with Crippen molar-refractivity contribution in [3.8, 4) is 5.75 Å². The summed E-state index contributed by atoms with van der Waals surface area (Å²) in [6, 6.07) is 4.43. The minimum absolute atomic E-state index is 0.0467. The molecule has 0 unspecified atom stereocenters. The summed E-state index contributed by atoms with van der Waals surface area (Å²) in [6.45, 7) is 2.21. The molecule has 0 radical (unpaired) electrons. The smallest absolute Gasteiger partial charge is 0.303 e. The fourth-order valence-electron chi connectivity index (χ4n) is 1.67. The molecule has 0 saturated heterocycles. The van der Waals surface area contributed by atoms with Crippen LogP contribution < -0.4 is 4.74 Å². The molecule has 0 saturated carbocycles. The predicted octanol–water partition coefficient (Wildman–Crippen LogP) is 2.95. The second-order valence-electron chi connectivity index (χ2n) is 4.42. The van der Waals surface area contributed by atoms with Crippen LogP contribution >= 0.6 is 10.7 Å². The van der Waals surface area contributed by atoms with Gasteiger partial charge in [0.05, 0.1) is 11.5 Å². The summed E-state index contributed by atoms with van der Waals surface area (Å²) in [6.07, 6.45) is 2.32. The average molecular weight is 321 g/mol. The van der Waals surface area contributed by atoms with E-state index in [0.717, 1.165) is 12.8 Å². The molecule has 0 spiro atoms. The first-order valence-corrected chi connectivity index (χ1v) is 8.51. The number of rotatable bonds is 8. The summed E-state index contributed by atoms with van der Waals surface area (Å²) < 4.78 is 27.8. The molecular weight excluding hydrogens is 304 g/mol. The highest BCUT2D eigenvalue weighted by atomic mass is 35.7. The normalized spacial score (nSPS) is 11.3. The molecule has 1 aromatic rings. The minimum atomic E-state index is -3.72. The van der Waals surface area contributed by atoms with Crippen molar-refractivity contribution in [1.29, 1.82) is 0 Å². The van der Waals surface area contributed by atoms with Crippen molar-refractivity contribution in [3.63, 3.8) is 0 Å². The molecule has 0 aromatic heterocycles. The van der Waals surface area contributed by atoms with Crippen molar-refractivity contribution in [2.24, 2.45) is 0 Å². The minimum Gasteiger partial charge on any atom is -0.493 e. The first kappa shape index (κ1) is 16.8. The lowest BCUT2D eigenvalue weighted by molar-refractivity contribution is -0.137. The van der Waals surface area contributed by atoms with Crippen molar-refractivity contribution in [3.05, 3.63) is 23.8 Å². The third-order valence-corrected chi connectivity index (χ3v) is 4.07. The highest BCUT2D eigenvalue weighted by Gasteiger charge is 2.11. The van der Waals surface area contributed by atoms with Gasteiger partial charge in [-0.25, -0.2) is 8.42 Å². The summed E-state index contributed by atoms with van der Waals surface area (Å²) >= 11 is 0. The number of hydrogen-bond donors (Lipinski definition) is 1. The molecule has 1 aromatic carbocycles. The second kappa shape index (κ2) is 7.50. The molecule has 0 aliphatic carbocycles. The Hall–Kier alpha value is -1.27. The van der Waals surface area contributed by atoms with Gasteiger partial charge in [0, 0.05) is 17.1 Å². The molecule has 112 valence electrons. The van der Waals surface area contributed by atoms with E-state index < -0.39 is 15.0 Å². The second-order valence-corrected chi connectivity index (χ2v) is 6.98. The van der Waals surface area contributed by atoms with E-state index in [9.17, 15) is 13.2 Å². The van der Waals surface area contributed by atoms with Crippen LogP contribution in [0.25, 0.3) is 0 Å². The zero-order valence-electron chi connectivity index (χ0n) is 11.1.